The number of thiocarbonyl (C=S) groups is 1. The number of benzene rings is 2. The molecule has 0 bridgehead atoms. The van der Waals surface area contributed by atoms with Crippen molar-refractivity contribution in [3.63, 3.8) is 0 Å². The predicted octanol–water partition coefficient (Wildman–Crippen LogP) is 5.93. The minimum absolute atomic E-state index is 0.503. The first-order chi connectivity index (χ1) is 12.0. The van der Waals surface area contributed by atoms with E-state index in [9.17, 15) is 0 Å². The fraction of sp³-hybridized carbons (Fsp3) is 0.350. The monoisotopic (exact) mass is 392 g/mol. The molecule has 2 N–H and O–H groups in total. The summed E-state index contributed by atoms with van der Waals surface area (Å²) in [5, 5.41) is 8.17. The molecule has 25 heavy (non-hydrogen) atoms. The van der Waals surface area contributed by atoms with E-state index in [0.29, 0.717) is 11.0 Å². The summed E-state index contributed by atoms with van der Waals surface area (Å²) in [5.74, 6) is 1.53. The zero-order valence-electron chi connectivity index (χ0n) is 14.9. The number of rotatable bonds is 7. The maximum absolute atomic E-state index is 5.92. The summed E-state index contributed by atoms with van der Waals surface area (Å²) < 4.78 is 0. The Hall–Kier alpha value is -1.23. The molecule has 0 aliphatic carbocycles. The van der Waals surface area contributed by atoms with Gasteiger partial charge in [0, 0.05) is 27.9 Å². The number of anilines is 1. The van der Waals surface area contributed by atoms with E-state index in [1.165, 1.54) is 16.0 Å². The number of hydrogen-bond acceptors (Lipinski definition) is 2. The number of para-hydroxylation sites is 1. The average molecular weight is 393 g/mol. The molecule has 0 amide bonds. The first-order valence-electron chi connectivity index (χ1n) is 8.51. The SMILES string of the molecule is CCc1cccc(C)c1NC(=S)NCC(C)CSc1ccc(Cl)cc1. The van der Waals surface area contributed by atoms with Crippen LogP contribution in [0.15, 0.2) is 47.4 Å². The van der Waals surface area contributed by atoms with Crippen molar-refractivity contribution in [1.82, 2.24) is 5.32 Å². The summed E-state index contributed by atoms with van der Waals surface area (Å²) in [6.45, 7) is 7.34. The second-order valence-electron chi connectivity index (χ2n) is 6.17. The van der Waals surface area contributed by atoms with E-state index in [4.69, 9.17) is 23.8 Å². The van der Waals surface area contributed by atoms with Gasteiger partial charge in [0.1, 0.15) is 0 Å². The van der Waals surface area contributed by atoms with Crippen molar-refractivity contribution in [3.8, 4) is 0 Å². The Bertz CT molecular complexity index is 701. The van der Waals surface area contributed by atoms with Crippen molar-refractivity contribution in [3.05, 3.63) is 58.6 Å². The van der Waals surface area contributed by atoms with Crippen molar-refractivity contribution >= 4 is 46.4 Å². The Balaban J connectivity index is 1.78. The van der Waals surface area contributed by atoms with Crippen LogP contribution in [0.2, 0.25) is 5.02 Å². The summed E-state index contributed by atoms with van der Waals surface area (Å²) in [7, 11) is 0. The zero-order valence-corrected chi connectivity index (χ0v) is 17.3. The molecule has 2 rings (SSSR count). The second kappa shape index (κ2) is 10.0. The van der Waals surface area contributed by atoms with Gasteiger partial charge in [-0.15, -0.1) is 11.8 Å². The smallest absolute Gasteiger partial charge is 0.170 e. The number of halogens is 1. The Kier molecular flexibility index (Phi) is 8.07. The molecule has 0 aromatic heterocycles. The third-order valence-electron chi connectivity index (χ3n) is 3.94. The van der Waals surface area contributed by atoms with E-state index < -0.39 is 0 Å². The van der Waals surface area contributed by atoms with Gasteiger partial charge in [-0.2, -0.15) is 0 Å². The van der Waals surface area contributed by atoms with Gasteiger partial charge in [0.05, 0.1) is 0 Å². The maximum atomic E-state index is 5.92. The van der Waals surface area contributed by atoms with Crippen molar-refractivity contribution < 1.29 is 0 Å². The summed E-state index contributed by atoms with van der Waals surface area (Å²) in [5.41, 5.74) is 3.64. The molecule has 0 aliphatic rings. The van der Waals surface area contributed by atoms with Crippen LogP contribution >= 0.6 is 35.6 Å². The Morgan fingerprint density at radius 1 is 1.20 bits per heavy atom. The van der Waals surface area contributed by atoms with Gasteiger partial charge >= 0.3 is 0 Å². The van der Waals surface area contributed by atoms with E-state index in [2.05, 4.69) is 61.7 Å². The summed E-state index contributed by atoms with van der Waals surface area (Å²) in [4.78, 5) is 1.24. The van der Waals surface area contributed by atoms with Crippen LogP contribution in [0.5, 0.6) is 0 Å². The largest absolute Gasteiger partial charge is 0.362 e. The van der Waals surface area contributed by atoms with Gasteiger partial charge in [-0.25, -0.2) is 0 Å². The highest BCUT2D eigenvalue weighted by atomic mass is 35.5. The lowest BCUT2D eigenvalue weighted by Gasteiger charge is -2.18. The summed E-state index contributed by atoms with van der Waals surface area (Å²) in [6, 6.07) is 14.3. The fourth-order valence-electron chi connectivity index (χ4n) is 2.45. The van der Waals surface area contributed by atoms with Gasteiger partial charge in [-0.1, -0.05) is 43.6 Å². The van der Waals surface area contributed by atoms with Gasteiger partial charge < -0.3 is 10.6 Å². The van der Waals surface area contributed by atoms with Crippen LogP contribution < -0.4 is 10.6 Å². The second-order valence-corrected chi connectivity index (χ2v) is 8.11. The molecule has 0 aliphatic heterocycles. The van der Waals surface area contributed by atoms with Crippen LogP contribution in [-0.2, 0) is 6.42 Å². The lowest BCUT2D eigenvalue weighted by molar-refractivity contribution is 0.637. The quantitative estimate of drug-likeness (QED) is 0.450. The molecule has 2 aromatic carbocycles. The van der Waals surface area contributed by atoms with Gasteiger partial charge in [-0.3, -0.25) is 0 Å². The average Bonchev–Trinajstić information content (AvgIpc) is 2.61. The van der Waals surface area contributed by atoms with Crippen LogP contribution in [0.25, 0.3) is 0 Å². The third kappa shape index (κ3) is 6.53. The number of aryl methyl sites for hydroxylation is 2. The Labute approximate surface area is 165 Å². The molecule has 0 saturated heterocycles. The number of hydrogen-bond donors (Lipinski definition) is 2. The Morgan fingerprint density at radius 3 is 2.60 bits per heavy atom. The highest BCUT2D eigenvalue weighted by Crippen LogP contribution is 2.23. The molecule has 5 heteroatoms. The zero-order chi connectivity index (χ0) is 18.2. The van der Waals surface area contributed by atoms with Gasteiger partial charge in [0.15, 0.2) is 5.11 Å². The lowest BCUT2D eigenvalue weighted by Crippen LogP contribution is -2.33. The normalized spacial score (nSPS) is 11.8. The highest BCUT2D eigenvalue weighted by Gasteiger charge is 2.08. The molecule has 1 atom stereocenters. The molecule has 0 saturated carbocycles. The van der Waals surface area contributed by atoms with Gasteiger partial charge in [0.2, 0.25) is 0 Å². The molecule has 2 aromatic rings. The molecule has 0 heterocycles. The van der Waals surface area contributed by atoms with Crippen LogP contribution in [0.1, 0.15) is 25.0 Å². The molecular weight excluding hydrogens is 368 g/mol. The molecule has 0 fully saturated rings. The van der Waals surface area contributed by atoms with Crippen molar-refractivity contribution in [2.45, 2.75) is 32.1 Å². The van der Waals surface area contributed by atoms with Crippen molar-refractivity contribution in [2.24, 2.45) is 5.92 Å². The molecule has 2 nitrogen and oxygen atoms in total. The lowest BCUT2D eigenvalue weighted by atomic mass is 10.1. The molecule has 1 unspecified atom stereocenters. The first-order valence-corrected chi connectivity index (χ1v) is 10.3. The molecule has 0 spiro atoms. The molecule has 0 radical (unpaired) electrons. The topological polar surface area (TPSA) is 24.1 Å². The van der Waals surface area contributed by atoms with Crippen LogP contribution in [0.4, 0.5) is 5.69 Å². The predicted molar refractivity (Wildman–Crippen MR) is 116 cm³/mol. The van der Waals surface area contributed by atoms with Crippen LogP contribution in [0, 0.1) is 12.8 Å². The van der Waals surface area contributed by atoms with Gasteiger partial charge in [0.25, 0.3) is 0 Å². The van der Waals surface area contributed by atoms with E-state index >= 15 is 0 Å². The Morgan fingerprint density at radius 2 is 1.92 bits per heavy atom. The molecule has 134 valence electrons. The summed E-state index contributed by atoms with van der Waals surface area (Å²) >= 11 is 13.2. The van der Waals surface area contributed by atoms with E-state index in [1.54, 1.807) is 0 Å². The minimum atomic E-state index is 0.503. The number of thioether (sulfide) groups is 1. The maximum Gasteiger partial charge on any atom is 0.170 e. The molecular formula is C20H25ClN2S2. The standard InChI is InChI=1S/C20H25ClN2S2/c1-4-16-7-5-6-15(3)19(16)23-20(24)22-12-14(2)13-25-18-10-8-17(21)9-11-18/h5-11,14H,4,12-13H2,1-3H3,(H2,22,23,24). The summed E-state index contributed by atoms with van der Waals surface area (Å²) in [6.07, 6.45) is 0.987. The van der Waals surface area contributed by atoms with Crippen LogP contribution in [0.3, 0.4) is 0 Å². The third-order valence-corrected chi connectivity index (χ3v) is 5.78. The first kappa shape index (κ1) is 20.1. The fourth-order valence-corrected chi connectivity index (χ4v) is 3.69. The van der Waals surface area contributed by atoms with E-state index in [-0.39, 0.29) is 0 Å². The van der Waals surface area contributed by atoms with Gasteiger partial charge in [-0.05, 0) is 66.9 Å². The number of nitrogens with one attached hydrogen (secondary N) is 2. The van der Waals surface area contributed by atoms with E-state index in [0.717, 1.165) is 29.4 Å². The van der Waals surface area contributed by atoms with Crippen molar-refractivity contribution in [2.75, 3.05) is 17.6 Å². The van der Waals surface area contributed by atoms with Crippen molar-refractivity contribution in [1.29, 1.82) is 0 Å². The van der Waals surface area contributed by atoms with Crippen LogP contribution in [-0.4, -0.2) is 17.4 Å². The highest BCUT2D eigenvalue weighted by molar-refractivity contribution is 7.99. The van der Waals surface area contributed by atoms with E-state index in [1.807, 2.05) is 23.9 Å². The minimum Gasteiger partial charge on any atom is -0.362 e.